The number of aromatic nitrogens is 3. The Balaban J connectivity index is 1.53. The highest BCUT2D eigenvalue weighted by atomic mass is 32.2. The molecule has 0 aliphatic rings. The summed E-state index contributed by atoms with van der Waals surface area (Å²) in [5.41, 5.74) is 13.5. The van der Waals surface area contributed by atoms with E-state index in [0.29, 0.717) is 74.5 Å². The van der Waals surface area contributed by atoms with Gasteiger partial charge in [0.25, 0.3) is 0 Å². The molecule has 10 nitrogen and oxygen atoms in total. The van der Waals surface area contributed by atoms with Crippen molar-refractivity contribution in [2.45, 2.75) is 25.4 Å². The van der Waals surface area contributed by atoms with Gasteiger partial charge in [0.2, 0.25) is 0 Å². The summed E-state index contributed by atoms with van der Waals surface area (Å²) in [5, 5.41) is 1.51. The van der Waals surface area contributed by atoms with Crippen LogP contribution in [-0.2, 0) is 20.6 Å². The molecule has 2 aromatic heterocycles. The van der Waals surface area contributed by atoms with E-state index in [4.69, 9.17) is 40.1 Å². The zero-order valence-corrected chi connectivity index (χ0v) is 23.2. The molecule has 0 spiro atoms. The fraction of sp³-hybridized carbons (Fsp3) is 0.480. The predicted molar refractivity (Wildman–Crippen MR) is 148 cm³/mol. The molecule has 0 fully saturated rings. The Labute approximate surface area is 226 Å². The Kier molecular flexibility index (Phi) is 12.2. The van der Waals surface area contributed by atoms with Crippen molar-refractivity contribution >= 4 is 34.7 Å². The first-order valence-corrected chi connectivity index (χ1v) is 13.8. The second-order valence-electron chi connectivity index (χ2n) is 7.78. The summed E-state index contributed by atoms with van der Waals surface area (Å²) in [5.74, 6) is 2.87. The molecule has 3 aromatic rings. The van der Waals surface area contributed by atoms with Crippen LogP contribution in [0.1, 0.15) is 17.5 Å². The molecular formula is C25H35N5O5S2. The lowest BCUT2D eigenvalue weighted by molar-refractivity contribution is 0.0178. The van der Waals surface area contributed by atoms with Gasteiger partial charge in [0.1, 0.15) is 23.3 Å². The monoisotopic (exact) mass is 549 g/mol. The van der Waals surface area contributed by atoms with E-state index in [9.17, 15) is 0 Å². The summed E-state index contributed by atoms with van der Waals surface area (Å²) >= 11 is 3.17. The Morgan fingerprint density at radius 1 is 0.865 bits per heavy atom. The largest absolute Gasteiger partial charge is 0.490 e. The van der Waals surface area contributed by atoms with Crippen molar-refractivity contribution in [3.05, 3.63) is 34.8 Å². The van der Waals surface area contributed by atoms with Gasteiger partial charge >= 0.3 is 0 Å². The fourth-order valence-corrected chi connectivity index (χ4v) is 5.03. The molecule has 0 amide bonds. The third-order valence-electron chi connectivity index (χ3n) is 4.99. The van der Waals surface area contributed by atoms with E-state index in [1.807, 2.05) is 25.1 Å². The Morgan fingerprint density at radius 3 is 2.27 bits per heavy atom. The van der Waals surface area contributed by atoms with E-state index in [0.717, 1.165) is 28.4 Å². The number of hydrogen-bond donors (Lipinski definition) is 2. The molecule has 1 aromatic carbocycles. The lowest BCUT2D eigenvalue weighted by Gasteiger charge is -2.13. The van der Waals surface area contributed by atoms with Crippen molar-refractivity contribution in [1.82, 2.24) is 15.0 Å². The molecule has 2 heterocycles. The number of anilines is 2. The smallest absolute Gasteiger partial charge is 0.191 e. The third kappa shape index (κ3) is 9.63. The Morgan fingerprint density at radius 2 is 1.57 bits per heavy atom. The van der Waals surface area contributed by atoms with Crippen LogP contribution in [0.2, 0.25) is 0 Å². The highest BCUT2D eigenvalue weighted by Crippen LogP contribution is 2.35. The fourth-order valence-electron chi connectivity index (χ4n) is 3.25. The van der Waals surface area contributed by atoms with Gasteiger partial charge in [0.05, 0.1) is 45.3 Å². The van der Waals surface area contributed by atoms with Gasteiger partial charge in [-0.25, -0.2) is 15.0 Å². The number of aryl methyl sites for hydroxylation is 2. The summed E-state index contributed by atoms with van der Waals surface area (Å²) in [4.78, 5) is 14.5. The molecule has 0 saturated heterocycles. The minimum atomic E-state index is 0.371. The van der Waals surface area contributed by atoms with Crippen molar-refractivity contribution in [3.63, 3.8) is 0 Å². The Hall–Kier alpha value is -2.64. The quantitative estimate of drug-likeness (QED) is 0.144. The number of thiazole rings is 1. The first kappa shape index (κ1) is 28.9. The van der Waals surface area contributed by atoms with Gasteiger partial charge in [-0.3, -0.25) is 0 Å². The van der Waals surface area contributed by atoms with Gasteiger partial charge in [-0.2, -0.15) is 0 Å². The maximum Gasteiger partial charge on any atom is 0.191 e. The number of nitrogen functional groups attached to an aromatic ring is 2. The van der Waals surface area contributed by atoms with Gasteiger partial charge in [-0.1, -0.05) is 11.8 Å². The molecule has 4 N–H and O–H groups in total. The maximum atomic E-state index is 5.91. The first-order valence-electron chi connectivity index (χ1n) is 12.0. The van der Waals surface area contributed by atoms with Crippen molar-refractivity contribution in [2.24, 2.45) is 0 Å². The highest BCUT2D eigenvalue weighted by molar-refractivity contribution is 7.99. The minimum absolute atomic E-state index is 0.371. The lowest BCUT2D eigenvalue weighted by Crippen LogP contribution is -2.12. The summed E-state index contributed by atoms with van der Waals surface area (Å²) in [6.45, 7) is 7.62. The molecular weight excluding hydrogens is 514 g/mol. The standard InChI is InChI=1S/C25H35N5O5S2/c1-4-34-21-15-18(5-6-20(21)35-13-12-33-11-10-32-9-8-31-3)24-28-19(17(2)37-24)7-14-36-25-29-22(26)16-23(27)30-25/h5-6,15-16H,4,7-14H2,1-3H3,(H4,26,27,29,30). The van der Waals surface area contributed by atoms with Crippen LogP contribution in [-0.4, -0.2) is 74.1 Å². The van der Waals surface area contributed by atoms with Gasteiger partial charge in [-0.15, -0.1) is 11.3 Å². The second kappa shape index (κ2) is 15.6. The summed E-state index contributed by atoms with van der Waals surface area (Å²) in [6, 6.07) is 7.44. The summed E-state index contributed by atoms with van der Waals surface area (Å²) in [7, 11) is 1.65. The molecule has 0 aliphatic heterocycles. The average Bonchev–Trinajstić information content (AvgIpc) is 3.23. The normalized spacial score (nSPS) is 11.1. The zero-order valence-electron chi connectivity index (χ0n) is 21.5. The van der Waals surface area contributed by atoms with Crippen LogP contribution in [0.4, 0.5) is 11.6 Å². The van der Waals surface area contributed by atoms with E-state index in [2.05, 4.69) is 16.9 Å². The summed E-state index contributed by atoms with van der Waals surface area (Å²) < 4.78 is 27.6. The number of nitrogens with two attached hydrogens (primary N) is 2. The molecule has 0 unspecified atom stereocenters. The zero-order chi connectivity index (χ0) is 26.5. The van der Waals surface area contributed by atoms with Crippen LogP contribution in [0.3, 0.4) is 0 Å². The van der Waals surface area contributed by atoms with Crippen molar-refractivity contribution in [2.75, 3.05) is 70.6 Å². The maximum absolute atomic E-state index is 5.91. The average molecular weight is 550 g/mol. The number of nitrogens with zero attached hydrogens (tertiary/aromatic N) is 3. The SMILES string of the molecule is CCOc1cc(-c2nc(CCSc3nc(N)cc(N)n3)c(C)s2)ccc1OCCOCCOCCOC. The van der Waals surface area contributed by atoms with E-state index in [-0.39, 0.29) is 0 Å². The molecule has 37 heavy (non-hydrogen) atoms. The van der Waals surface area contributed by atoms with Gasteiger partial charge < -0.3 is 35.2 Å². The van der Waals surface area contributed by atoms with Crippen LogP contribution < -0.4 is 20.9 Å². The second-order valence-corrected chi connectivity index (χ2v) is 10.0. The molecule has 0 radical (unpaired) electrons. The van der Waals surface area contributed by atoms with Crippen molar-refractivity contribution in [1.29, 1.82) is 0 Å². The van der Waals surface area contributed by atoms with Crippen molar-refractivity contribution < 1.29 is 23.7 Å². The van der Waals surface area contributed by atoms with Gasteiger partial charge in [0, 0.05) is 35.8 Å². The molecule has 0 saturated carbocycles. The number of benzene rings is 1. The van der Waals surface area contributed by atoms with Crippen LogP contribution in [0.25, 0.3) is 10.6 Å². The van der Waals surface area contributed by atoms with Gasteiger partial charge in [-0.05, 0) is 32.0 Å². The first-order chi connectivity index (χ1) is 18.0. The highest BCUT2D eigenvalue weighted by Gasteiger charge is 2.14. The van der Waals surface area contributed by atoms with Gasteiger partial charge in [0.15, 0.2) is 16.7 Å². The molecule has 12 heteroatoms. The summed E-state index contributed by atoms with van der Waals surface area (Å²) in [6.07, 6.45) is 0.780. The van der Waals surface area contributed by atoms with Crippen LogP contribution in [0.5, 0.6) is 11.5 Å². The van der Waals surface area contributed by atoms with Crippen molar-refractivity contribution in [3.8, 4) is 22.1 Å². The number of thioether (sulfide) groups is 1. The van der Waals surface area contributed by atoms with E-state index in [1.54, 1.807) is 24.5 Å². The van der Waals surface area contributed by atoms with E-state index < -0.39 is 0 Å². The van der Waals surface area contributed by atoms with Crippen LogP contribution in [0.15, 0.2) is 29.4 Å². The third-order valence-corrected chi connectivity index (χ3v) is 6.90. The van der Waals surface area contributed by atoms with E-state index >= 15 is 0 Å². The number of methoxy groups -OCH3 is 1. The lowest BCUT2D eigenvalue weighted by atomic mass is 10.2. The minimum Gasteiger partial charge on any atom is -0.490 e. The topological polar surface area (TPSA) is 137 Å². The number of hydrogen-bond acceptors (Lipinski definition) is 12. The Bertz CT molecular complexity index is 1090. The molecule has 0 bridgehead atoms. The predicted octanol–water partition coefficient (Wildman–Crippen LogP) is 3.86. The molecule has 0 atom stereocenters. The molecule has 3 rings (SSSR count). The van der Waals surface area contributed by atoms with Crippen LogP contribution in [0, 0.1) is 6.92 Å². The molecule has 202 valence electrons. The van der Waals surface area contributed by atoms with E-state index in [1.165, 1.54) is 16.6 Å². The molecule has 0 aliphatic carbocycles. The van der Waals surface area contributed by atoms with Crippen LogP contribution >= 0.6 is 23.1 Å². The number of rotatable bonds is 17. The number of ether oxygens (including phenoxy) is 5.